The largest absolute Gasteiger partial charge is 0.297 e. The molecule has 5 nitrogen and oxygen atoms in total. The van der Waals surface area contributed by atoms with Crippen LogP contribution in [0.1, 0.15) is 45.5 Å². The number of hydrogen-bond acceptors (Lipinski definition) is 4. The zero-order chi connectivity index (χ0) is 12.1. The van der Waals surface area contributed by atoms with Crippen LogP contribution in [0.5, 0.6) is 0 Å². The predicted octanol–water partition coefficient (Wildman–Crippen LogP) is 1.84. The first-order valence-corrected chi connectivity index (χ1v) is 7.42. The molecule has 0 saturated heterocycles. The third-order valence-electron chi connectivity index (χ3n) is 2.47. The molecule has 1 heterocycles. The molecule has 0 spiro atoms. The second kappa shape index (κ2) is 3.43. The van der Waals surface area contributed by atoms with Crippen LogP contribution >= 0.6 is 10.7 Å². The molecule has 0 amide bonds. The van der Waals surface area contributed by atoms with E-state index in [9.17, 15) is 8.42 Å². The van der Waals surface area contributed by atoms with Gasteiger partial charge in [-0.1, -0.05) is 20.8 Å². The van der Waals surface area contributed by atoms with Crippen molar-refractivity contribution >= 4 is 19.7 Å². The molecule has 0 atom stereocenters. The van der Waals surface area contributed by atoms with Crippen LogP contribution in [0.2, 0.25) is 0 Å². The van der Waals surface area contributed by atoms with Crippen LogP contribution in [0.15, 0.2) is 5.16 Å². The molecule has 0 unspecified atom stereocenters. The number of rotatable bonds is 2. The summed E-state index contributed by atoms with van der Waals surface area (Å²) in [5.74, 6) is 0.675. The maximum Gasteiger partial charge on any atom is 0.296 e. The zero-order valence-corrected chi connectivity index (χ0v) is 11.0. The Hall–Kier alpha value is -0.620. The topological polar surface area (TPSA) is 64.8 Å². The van der Waals surface area contributed by atoms with E-state index in [1.807, 2.05) is 20.8 Å². The molecular weight excluding hydrogens is 250 g/mol. The molecule has 1 fully saturated rings. The van der Waals surface area contributed by atoms with Crippen LogP contribution in [0.4, 0.5) is 0 Å². The first-order valence-electron chi connectivity index (χ1n) is 5.11. The number of halogens is 1. The first kappa shape index (κ1) is 11.9. The molecule has 1 saturated carbocycles. The molecule has 1 aromatic heterocycles. The number of hydrogen-bond donors (Lipinski definition) is 0. The Kier molecular flexibility index (Phi) is 2.54. The van der Waals surface area contributed by atoms with Gasteiger partial charge < -0.3 is 0 Å². The summed E-state index contributed by atoms with van der Waals surface area (Å²) >= 11 is 0. The molecule has 0 aliphatic heterocycles. The molecule has 0 aromatic carbocycles. The minimum absolute atomic E-state index is 0.124. The summed E-state index contributed by atoms with van der Waals surface area (Å²) < 4.78 is 24.4. The highest BCUT2D eigenvalue weighted by molar-refractivity contribution is 8.13. The van der Waals surface area contributed by atoms with E-state index in [2.05, 4.69) is 10.2 Å². The third-order valence-corrected chi connectivity index (χ3v) is 3.59. The lowest BCUT2D eigenvalue weighted by atomic mass is 9.96. The molecule has 0 bridgehead atoms. The second-order valence-corrected chi connectivity index (χ2v) is 7.55. The lowest BCUT2D eigenvalue weighted by Crippen LogP contribution is -2.20. The van der Waals surface area contributed by atoms with E-state index in [4.69, 9.17) is 10.7 Å². The fraction of sp³-hybridized carbons (Fsp3) is 0.778. The highest BCUT2D eigenvalue weighted by Gasteiger charge is 2.36. The fourth-order valence-electron chi connectivity index (χ4n) is 1.62. The Balaban J connectivity index is 2.62. The van der Waals surface area contributed by atoms with Crippen LogP contribution in [0, 0.1) is 0 Å². The molecule has 7 heteroatoms. The highest BCUT2D eigenvalue weighted by Crippen LogP contribution is 2.40. The Morgan fingerprint density at radius 1 is 1.31 bits per heavy atom. The van der Waals surface area contributed by atoms with E-state index in [1.165, 1.54) is 0 Å². The predicted molar refractivity (Wildman–Crippen MR) is 60.0 cm³/mol. The van der Waals surface area contributed by atoms with Crippen molar-refractivity contribution < 1.29 is 8.42 Å². The van der Waals surface area contributed by atoms with E-state index in [-0.39, 0.29) is 16.6 Å². The first-order chi connectivity index (χ1) is 7.21. The molecule has 1 aliphatic carbocycles. The Morgan fingerprint density at radius 3 is 2.25 bits per heavy atom. The molecule has 0 N–H and O–H groups in total. The molecule has 90 valence electrons. The highest BCUT2D eigenvalue weighted by atomic mass is 35.7. The quantitative estimate of drug-likeness (QED) is 0.764. The lowest BCUT2D eigenvalue weighted by molar-refractivity contribution is 0.484. The van der Waals surface area contributed by atoms with Gasteiger partial charge in [0, 0.05) is 22.1 Å². The standard InChI is InChI=1S/C9H14ClN3O2S/c1-9(2,3)7-11-12-8(16(10,14)15)13(7)6-4-5-6/h6H,4-5H2,1-3H3. The van der Waals surface area contributed by atoms with Gasteiger partial charge in [-0.25, -0.2) is 8.42 Å². The summed E-state index contributed by atoms with van der Waals surface area (Å²) in [5, 5.41) is 7.55. The van der Waals surface area contributed by atoms with E-state index < -0.39 is 9.05 Å². The van der Waals surface area contributed by atoms with Gasteiger partial charge in [0.05, 0.1) is 0 Å². The van der Waals surface area contributed by atoms with Gasteiger partial charge in [0.25, 0.3) is 14.2 Å². The molecule has 0 radical (unpaired) electrons. The van der Waals surface area contributed by atoms with Crippen molar-refractivity contribution in [3.05, 3.63) is 5.82 Å². The minimum Gasteiger partial charge on any atom is -0.297 e. The van der Waals surface area contributed by atoms with Crippen LogP contribution in [0.25, 0.3) is 0 Å². The SMILES string of the molecule is CC(C)(C)c1nnc(S(=O)(=O)Cl)n1C1CC1. The van der Waals surface area contributed by atoms with Crippen molar-refractivity contribution in [1.29, 1.82) is 0 Å². The summed E-state index contributed by atoms with van der Waals surface area (Å²) in [6.07, 6.45) is 1.92. The summed E-state index contributed by atoms with van der Waals surface area (Å²) in [6.45, 7) is 5.92. The second-order valence-electron chi connectivity index (χ2n) is 5.10. The average Bonchev–Trinajstić information content (AvgIpc) is 2.79. The summed E-state index contributed by atoms with van der Waals surface area (Å²) in [7, 11) is 1.53. The smallest absolute Gasteiger partial charge is 0.296 e. The van der Waals surface area contributed by atoms with Crippen LogP contribution < -0.4 is 0 Å². The minimum atomic E-state index is -3.82. The van der Waals surface area contributed by atoms with Crippen molar-refractivity contribution in [3.63, 3.8) is 0 Å². The Morgan fingerprint density at radius 2 is 1.88 bits per heavy atom. The van der Waals surface area contributed by atoms with Crippen molar-refractivity contribution in [2.24, 2.45) is 0 Å². The summed E-state index contributed by atoms with van der Waals surface area (Å²) in [4.78, 5) is 0. The summed E-state index contributed by atoms with van der Waals surface area (Å²) in [5.41, 5.74) is -0.241. The number of nitrogens with zero attached hydrogens (tertiary/aromatic N) is 3. The lowest BCUT2D eigenvalue weighted by Gasteiger charge is -2.18. The van der Waals surface area contributed by atoms with E-state index in [0.29, 0.717) is 5.82 Å². The van der Waals surface area contributed by atoms with E-state index in [0.717, 1.165) is 12.8 Å². The van der Waals surface area contributed by atoms with Gasteiger partial charge in [0.2, 0.25) is 0 Å². The van der Waals surface area contributed by atoms with E-state index >= 15 is 0 Å². The van der Waals surface area contributed by atoms with E-state index in [1.54, 1.807) is 4.57 Å². The van der Waals surface area contributed by atoms with Gasteiger partial charge in [-0.2, -0.15) is 0 Å². The van der Waals surface area contributed by atoms with Crippen LogP contribution in [-0.4, -0.2) is 23.2 Å². The summed E-state index contributed by atoms with van der Waals surface area (Å²) in [6, 6.07) is 0.188. The van der Waals surface area contributed by atoms with Crippen molar-refractivity contribution in [2.45, 2.75) is 50.2 Å². The Labute approximate surface area is 99.2 Å². The van der Waals surface area contributed by atoms with Gasteiger partial charge in [0.1, 0.15) is 5.82 Å². The molecule has 1 aromatic rings. The maximum absolute atomic E-state index is 11.4. The van der Waals surface area contributed by atoms with Crippen molar-refractivity contribution in [3.8, 4) is 0 Å². The number of aromatic nitrogens is 3. The zero-order valence-electron chi connectivity index (χ0n) is 9.44. The monoisotopic (exact) mass is 263 g/mol. The molecule has 1 aliphatic rings. The van der Waals surface area contributed by atoms with Crippen LogP contribution in [-0.2, 0) is 14.5 Å². The van der Waals surface area contributed by atoms with Crippen molar-refractivity contribution in [1.82, 2.24) is 14.8 Å². The van der Waals surface area contributed by atoms with Gasteiger partial charge >= 0.3 is 0 Å². The Bertz CT molecular complexity index is 511. The normalized spacial score (nSPS) is 17.8. The molecule has 16 heavy (non-hydrogen) atoms. The van der Waals surface area contributed by atoms with Gasteiger partial charge in [-0.05, 0) is 12.8 Å². The van der Waals surface area contributed by atoms with Gasteiger partial charge in [0.15, 0.2) is 0 Å². The fourth-order valence-corrected chi connectivity index (χ4v) is 2.54. The van der Waals surface area contributed by atoms with Gasteiger partial charge in [-0.15, -0.1) is 10.2 Å². The van der Waals surface area contributed by atoms with Crippen molar-refractivity contribution in [2.75, 3.05) is 0 Å². The third kappa shape index (κ3) is 2.08. The molecular formula is C9H14ClN3O2S. The average molecular weight is 264 g/mol. The maximum atomic E-state index is 11.4. The van der Waals surface area contributed by atoms with Gasteiger partial charge in [-0.3, -0.25) is 4.57 Å². The molecule has 2 rings (SSSR count). The van der Waals surface area contributed by atoms with Crippen LogP contribution in [0.3, 0.4) is 0 Å².